The van der Waals surface area contributed by atoms with E-state index in [0.717, 1.165) is 0 Å². The monoisotopic (exact) mass is 144 g/mol. The minimum absolute atomic E-state index is 0.0913. The van der Waals surface area contributed by atoms with E-state index in [2.05, 4.69) is 13.8 Å². The summed E-state index contributed by atoms with van der Waals surface area (Å²) in [5, 5.41) is 0. The van der Waals surface area contributed by atoms with Gasteiger partial charge in [0.25, 0.3) is 0 Å². The molecule has 1 rings (SSSR count). The van der Waals surface area contributed by atoms with E-state index in [1.807, 2.05) is 13.8 Å². The summed E-state index contributed by atoms with van der Waals surface area (Å²) in [5.41, 5.74) is -0.0913. The second-order valence-electron chi connectivity index (χ2n) is 3.60. The van der Waals surface area contributed by atoms with Crippen LogP contribution in [0.3, 0.4) is 0 Å². The lowest BCUT2D eigenvalue weighted by Gasteiger charge is -2.38. The van der Waals surface area contributed by atoms with Crippen molar-refractivity contribution in [3.63, 3.8) is 0 Å². The first-order chi connectivity index (χ1) is 4.51. The van der Waals surface area contributed by atoms with Crippen LogP contribution in [-0.2, 0) is 9.47 Å². The zero-order valence-electron chi connectivity index (χ0n) is 7.18. The lowest BCUT2D eigenvalue weighted by atomic mass is 10.1. The van der Waals surface area contributed by atoms with Crippen LogP contribution < -0.4 is 0 Å². The normalized spacial score (nSPS) is 39.6. The topological polar surface area (TPSA) is 18.5 Å². The fourth-order valence-electron chi connectivity index (χ4n) is 1.10. The number of hydrogen-bond acceptors (Lipinski definition) is 2. The van der Waals surface area contributed by atoms with E-state index in [1.54, 1.807) is 0 Å². The van der Waals surface area contributed by atoms with Crippen LogP contribution in [0.15, 0.2) is 0 Å². The van der Waals surface area contributed by atoms with Crippen molar-refractivity contribution in [2.45, 2.75) is 45.5 Å². The maximum atomic E-state index is 5.66. The molecule has 0 aromatic heterocycles. The molecule has 0 saturated carbocycles. The Kier molecular flexibility index (Phi) is 2.02. The van der Waals surface area contributed by atoms with Gasteiger partial charge in [-0.15, -0.1) is 0 Å². The predicted octanol–water partition coefficient (Wildman–Crippen LogP) is 1.59. The number of rotatable bonds is 0. The van der Waals surface area contributed by atoms with Gasteiger partial charge in [0.05, 0.1) is 24.4 Å². The Bertz CT molecular complexity index is 120. The summed E-state index contributed by atoms with van der Waals surface area (Å²) in [6.07, 6.45) is 0.469. The molecule has 0 bridgehead atoms. The fourth-order valence-corrected chi connectivity index (χ4v) is 1.10. The summed E-state index contributed by atoms with van der Waals surface area (Å²) < 4.78 is 11.1. The van der Waals surface area contributed by atoms with Gasteiger partial charge in [0, 0.05) is 0 Å². The van der Waals surface area contributed by atoms with E-state index < -0.39 is 0 Å². The van der Waals surface area contributed by atoms with Crippen molar-refractivity contribution in [2.75, 3.05) is 6.61 Å². The van der Waals surface area contributed by atoms with Crippen molar-refractivity contribution in [2.24, 2.45) is 0 Å². The van der Waals surface area contributed by atoms with E-state index in [9.17, 15) is 0 Å². The van der Waals surface area contributed by atoms with Crippen molar-refractivity contribution in [1.29, 1.82) is 0 Å². The third-order valence-corrected chi connectivity index (χ3v) is 1.86. The number of hydrogen-bond donors (Lipinski definition) is 0. The molecule has 1 fully saturated rings. The van der Waals surface area contributed by atoms with E-state index in [1.165, 1.54) is 0 Å². The zero-order chi connectivity index (χ0) is 7.78. The molecule has 1 aliphatic heterocycles. The van der Waals surface area contributed by atoms with Gasteiger partial charge >= 0.3 is 0 Å². The van der Waals surface area contributed by atoms with Crippen molar-refractivity contribution in [3.8, 4) is 0 Å². The van der Waals surface area contributed by atoms with Gasteiger partial charge in [-0.2, -0.15) is 0 Å². The maximum Gasteiger partial charge on any atom is 0.0864 e. The molecule has 2 heteroatoms. The van der Waals surface area contributed by atoms with Crippen LogP contribution in [0, 0.1) is 0 Å². The summed E-state index contributed by atoms with van der Waals surface area (Å²) in [6.45, 7) is 8.90. The van der Waals surface area contributed by atoms with E-state index in [0.29, 0.717) is 6.61 Å². The van der Waals surface area contributed by atoms with Crippen molar-refractivity contribution >= 4 is 0 Å². The highest BCUT2D eigenvalue weighted by Gasteiger charge is 2.31. The molecule has 0 amide bonds. The number of ether oxygens (including phenoxy) is 2. The van der Waals surface area contributed by atoms with Gasteiger partial charge in [0.1, 0.15) is 0 Å². The van der Waals surface area contributed by atoms with Gasteiger partial charge in [-0.05, 0) is 27.7 Å². The third kappa shape index (κ3) is 1.70. The van der Waals surface area contributed by atoms with E-state index in [-0.39, 0.29) is 17.8 Å². The molecule has 0 unspecified atom stereocenters. The Morgan fingerprint density at radius 2 is 1.80 bits per heavy atom. The second-order valence-corrected chi connectivity index (χ2v) is 3.60. The summed E-state index contributed by atoms with van der Waals surface area (Å²) in [6, 6.07) is 0. The largest absolute Gasteiger partial charge is 0.373 e. The molecule has 2 atom stereocenters. The van der Waals surface area contributed by atoms with Crippen LogP contribution in [0.25, 0.3) is 0 Å². The van der Waals surface area contributed by atoms with Gasteiger partial charge in [0.2, 0.25) is 0 Å². The van der Waals surface area contributed by atoms with Crippen LogP contribution in [0.1, 0.15) is 27.7 Å². The van der Waals surface area contributed by atoms with Crippen LogP contribution in [-0.4, -0.2) is 24.4 Å². The van der Waals surface area contributed by atoms with Gasteiger partial charge in [-0.25, -0.2) is 0 Å². The molecular formula is C8H16O2. The molecule has 1 heterocycles. The van der Waals surface area contributed by atoms with Crippen molar-refractivity contribution < 1.29 is 9.47 Å². The molecular weight excluding hydrogens is 128 g/mol. The molecule has 0 aromatic carbocycles. The quantitative estimate of drug-likeness (QED) is 0.514. The molecule has 1 aliphatic rings. The lowest BCUT2D eigenvalue weighted by molar-refractivity contribution is -0.207. The maximum absolute atomic E-state index is 5.66. The summed E-state index contributed by atoms with van der Waals surface area (Å²) in [4.78, 5) is 0. The van der Waals surface area contributed by atoms with Gasteiger partial charge in [0.15, 0.2) is 0 Å². The standard InChI is InChI=1S/C8H16O2/c1-6-7(2)10-8(3,4)5-9-6/h6-7H,5H2,1-4H3/t6-,7+/m0/s1. The minimum Gasteiger partial charge on any atom is -0.373 e. The van der Waals surface area contributed by atoms with Crippen molar-refractivity contribution in [3.05, 3.63) is 0 Å². The summed E-state index contributed by atoms with van der Waals surface area (Å²) in [7, 11) is 0. The Hall–Kier alpha value is -0.0800. The molecule has 1 saturated heterocycles. The first kappa shape index (κ1) is 8.02. The smallest absolute Gasteiger partial charge is 0.0864 e. The van der Waals surface area contributed by atoms with E-state index >= 15 is 0 Å². The highest BCUT2D eigenvalue weighted by molar-refractivity contribution is 4.77. The average Bonchev–Trinajstić information content (AvgIpc) is 1.79. The highest BCUT2D eigenvalue weighted by Crippen LogP contribution is 2.21. The van der Waals surface area contributed by atoms with Crippen LogP contribution in [0.2, 0.25) is 0 Å². The predicted molar refractivity (Wildman–Crippen MR) is 40.0 cm³/mol. The third-order valence-electron chi connectivity index (χ3n) is 1.86. The summed E-state index contributed by atoms with van der Waals surface area (Å²) >= 11 is 0. The average molecular weight is 144 g/mol. The Morgan fingerprint density at radius 3 is 2.20 bits per heavy atom. The Balaban J connectivity index is 2.49. The molecule has 2 nitrogen and oxygen atoms in total. The molecule has 0 spiro atoms. The van der Waals surface area contributed by atoms with Crippen LogP contribution in [0.4, 0.5) is 0 Å². The van der Waals surface area contributed by atoms with E-state index in [4.69, 9.17) is 9.47 Å². The highest BCUT2D eigenvalue weighted by atomic mass is 16.6. The SMILES string of the molecule is C[C@@H]1OCC(C)(C)O[C@@H]1C. The molecule has 10 heavy (non-hydrogen) atoms. The molecule has 0 aromatic rings. The van der Waals surface area contributed by atoms with Crippen LogP contribution in [0.5, 0.6) is 0 Å². The Morgan fingerprint density at radius 1 is 1.20 bits per heavy atom. The molecule has 0 aliphatic carbocycles. The molecule has 0 N–H and O–H groups in total. The molecule has 60 valence electrons. The van der Waals surface area contributed by atoms with Gasteiger partial charge in [-0.1, -0.05) is 0 Å². The lowest BCUT2D eigenvalue weighted by Crippen LogP contribution is -2.46. The Labute approximate surface area is 62.5 Å². The van der Waals surface area contributed by atoms with Gasteiger partial charge in [-0.3, -0.25) is 0 Å². The second kappa shape index (κ2) is 2.51. The fraction of sp³-hybridized carbons (Fsp3) is 1.00. The minimum atomic E-state index is -0.0913. The zero-order valence-corrected chi connectivity index (χ0v) is 7.18. The van der Waals surface area contributed by atoms with Gasteiger partial charge < -0.3 is 9.47 Å². The first-order valence-electron chi connectivity index (χ1n) is 3.81. The summed E-state index contributed by atoms with van der Waals surface area (Å²) in [5.74, 6) is 0. The first-order valence-corrected chi connectivity index (χ1v) is 3.81. The van der Waals surface area contributed by atoms with Crippen molar-refractivity contribution in [1.82, 2.24) is 0 Å². The van der Waals surface area contributed by atoms with Crippen LogP contribution >= 0.6 is 0 Å². The molecule has 0 radical (unpaired) electrons.